The molecule has 1 aromatic carbocycles. The van der Waals surface area contributed by atoms with E-state index in [9.17, 15) is 14.4 Å². The highest BCUT2D eigenvalue weighted by Gasteiger charge is 2.36. The number of hydroxylamine groups is 2. The summed E-state index contributed by atoms with van der Waals surface area (Å²) in [5, 5.41) is 14.7. The lowest BCUT2D eigenvalue weighted by Gasteiger charge is -2.13. The van der Waals surface area contributed by atoms with Crippen LogP contribution < -0.4 is 10.6 Å². The maximum Gasteiger partial charge on any atom is 0.285 e. The number of nitrogens with zero attached hydrogens (tertiary/aromatic N) is 1. The second-order valence-electron chi connectivity index (χ2n) is 4.89. The number of rotatable bonds is 9. The van der Waals surface area contributed by atoms with Gasteiger partial charge in [-0.2, -0.15) is 0 Å². The molecule has 0 saturated carbocycles. The van der Waals surface area contributed by atoms with Gasteiger partial charge in [0, 0.05) is 6.54 Å². The van der Waals surface area contributed by atoms with E-state index in [0.29, 0.717) is 24.1 Å². The van der Waals surface area contributed by atoms with Gasteiger partial charge < -0.3 is 15.7 Å². The molecule has 0 unspecified atom stereocenters. The van der Waals surface area contributed by atoms with Crippen molar-refractivity contribution < 1.29 is 24.3 Å². The number of carbonyl (C=O) groups is 3. The highest BCUT2D eigenvalue weighted by molar-refractivity contribution is 6.20. The van der Waals surface area contributed by atoms with Crippen LogP contribution >= 0.6 is 0 Å². The van der Waals surface area contributed by atoms with E-state index in [-0.39, 0.29) is 32.2 Å². The Morgan fingerprint density at radius 2 is 1.78 bits per heavy atom. The van der Waals surface area contributed by atoms with Crippen molar-refractivity contribution in [1.29, 1.82) is 0 Å². The maximum absolute atomic E-state index is 12.0. The molecule has 0 bridgehead atoms. The molecule has 0 radical (unpaired) electrons. The topological polar surface area (TPSA) is 108 Å². The normalized spacial score (nSPS) is 13.3. The fourth-order valence-corrected chi connectivity index (χ4v) is 2.10. The van der Waals surface area contributed by atoms with Gasteiger partial charge in [-0.1, -0.05) is 12.1 Å². The van der Waals surface area contributed by atoms with Crippen molar-refractivity contribution in [3.05, 3.63) is 35.4 Å². The SMILES string of the molecule is O=C(CNCCCON1C(=O)c2ccccc2C1=O)NCCO. The summed E-state index contributed by atoms with van der Waals surface area (Å²) in [4.78, 5) is 40.5. The number of hydrogen-bond donors (Lipinski definition) is 3. The van der Waals surface area contributed by atoms with Gasteiger partial charge in [-0.3, -0.25) is 19.2 Å². The fourth-order valence-electron chi connectivity index (χ4n) is 2.10. The average molecular weight is 321 g/mol. The molecule has 23 heavy (non-hydrogen) atoms. The van der Waals surface area contributed by atoms with Crippen LogP contribution in [0.2, 0.25) is 0 Å². The van der Waals surface area contributed by atoms with Crippen molar-refractivity contribution in [1.82, 2.24) is 15.7 Å². The first-order chi connectivity index (χ1) is 11.1. The quantitative estimate of drug-likeness (QED) is 0.410. The minimum Gasteiger partial charge on any atom is -0.395 e. The summed E-state index contributed by atoms with van der Waals surface area (Å²) in [6, 6.07) is 6.56. The first kappa shape index (κ1) is 17.1. The van der Waals surface area contributed by atoms with Crippen LogP contribution in [0.4, 0.5) is 0 Å². The van der Waals surface area contributed by atoms with Gasteiger partial charge in [0.05, 0.1) is 30.9 Å². The van der Waals surface area contributed by atoms with Crippen molar-refractivity contribution in [3.63, 3.8) is 0 Å². The fraction of sp³-hybridized carbons (Fsp3) is 0.400. The van der Waals surface area contributed by atoms with Gasteiger partial charge >= 0.3 is 0 Å². The molecule has 1 aromatic rings. The van der Waals surface area contributed by atoms with Gasteiger partial charge in [0.1, 0.15) is 0 Å². The van der Waals surface area contributed by atoms with E-state index in [1.165, 1.54) is 0 Å². The summed E-state index contributed by atoms with van der Waals surface area (Å²) in [5.41, 5.74) is 0.687. The van der Waals surface area contributed by atoms with Gasteiger partial charge in [0.2, 0.25) is 5.91 Å². The zero-order chi connectivity index (χ0) is 16.7. The van der Waals surface area contributed by atoms with E-state index >= 15 is 0 Å². The summed E-state index contributed by atoms with van der Waals surface area (Å²) in [6.45, 7) is 0.933. The first-order valence-corrected chi connectivity index (χ1v) is 7.34. The Balaban J connectivity index is 1.65. The molecule has 3 N–H and O–H groups in total. The van der Waals surface area contributed by atoms with Crippen LogP contribution in [0.3, 0.4) is 0 Å². The molecule has 2 rings (SSSR count). The Kier molecular flexibility index (Phi) is 6.21. The predicted octanol–water partition coefficient (Wildman–Crippen LogP) is -0.698. The summed E-state index contributed by atoms with van der Waals surface area (Å²) in [5.74, 6) is -1.12. The zero-order valence-electron chi connectivity index (χ0n) is 12.6. The number of benzene rings is 1. The molecule has 0 aromatic heterocycles. The Morgan fingerprint density at radius 1 is 1.13 bits per heavy atom. The van der Waals surface area contributed by atoms with Crippen LogP contribution in [0.15, 0.2) is 24.3 Å². The predicted molar refractivity (Wildman–Crippen MR) is 80.5 cm³/mol. The van der Waals surface area contributed by atoms with Crippen LogP contribution in [0.1, 0.15) is 27.1 Å². The summed E-state index contributed by atoms with van der Waals surface area (Å²) in [6.07, 6.45) is 0.528. The Morgan fingerprint density at radius 3 is 2.39 bits per heavy atom. The Labute approximate surface area is 133 Å². The second-order valence-corrected chi connectivity index (χ2v) is 4.89. The van der Waals surface area contributed by atoms with Crippen molar-refractivity contribution in [3.8, 4) is 0 Å². The number of aliphatic hydroxyl groups excluding tert-OH is 1. The summed E-state index contributed by atoms with van der Waals surface area (Å²) < 4.78 is 0. The molecule has 3 amide bonds. The van der Waals surface area contributed by atoms with Crippen molar-refractivity contribution in [2.45, 2.75) is 6.42 Å². The number of hydrogen-bond acceptors (Lipinski definition) is 6. The molecule has 0 spiro atoms. The van der Waals surface area contributed by atoms with E-state index in [1.54, 1.807) is 24.3 Å². The third-order valence-electron chi connectivity index (χ3n) is 3.19. The molecule has 0 atom stereocenters. The minimum absolute atomic E-state index is 0.0974. The molecule has 0 fully saturated rings. The van der Waals surface area contributed by atoms with Crippen molar-refractivity contribution >= 4 is 17.7 Å². The second kappa shape index (κ2) is 8.37. The lowest BCUT2D eigenvalue weighted by molar-refractivity contribution is -0.120. The van der Waals surface area contributed by atoms with E-state index in [0.717, 1.165) is 5.06 Å². The van der Waals surface area contributed by atoms with Gasteiger partial charge in [-0.15, -0.1) is 5.06 Å². The Hall–Kier alpha value is -2.29. The summed E-state index contributed by atoms with van der Waals surface area (Å²) >= 11 is 0. The standard InChI is InChI=1S/C15H19N3O5/c19-8-7-17-13(20)10-16-6-3-9-23-18-14(21)11-4-1-2-5-12(11)15(18)22/h1-2,4-5,16,19H,3,6-10H2,(H,17,20). The molecular formula is C15H19N3O5. The lowest BCUT2D eigenvalue weighted by atomic mass is 10.1. The van der Waals surface area contributed by atoms with Gasteiger partial charge in [-0.05, 0) is 25.1 Å². The number of nitrogens with one attached hydrogen (secondary N) is 2. The third-order valence-corrected chi connectivity index (χ3v) is 3.19. The molecule has 8 nitrogen and oxygen atoms in total. The molecule has 8 heteroatoms. The smallest absolute Gasteiger partial charge is 0.285 e. The lowest BCUT2D eigenvalue weighted by Crippen LogP contribution is -2.36. The molecule has 0 saturated heterocycles. The van der Waals surface area contributed by atoms with Crippen molar-refractivity contribution in [2.24, 2.45) is 0 Å². The van der Waals surface area contributed by atoms with Gasteiger partial charge in [0.15, 0.2) is 0 Å². The number of aliphatic hydroxyl groups is 1. The largest absolute Gasteiger partial charge is 0.395 e. The minimum atomic E-state index is -0.457. The molecule has 1 aliphatic heterocycles. The number of carbonyl (C=O) groups excluding carboxylic acids is 3. The van der Waals surface area contributed by atoms with E-state index in [2.05, 4.69) is 10.6 Å². The average Bonchev–Trinajstić information content (AvgIpc) is 2.81. The molecule has 124 valence electrons. The molecule has 0 aliphatic carbocycles. The Bertz CT molecular complexity index is 555. The zero-order valence-corrected chi connectivity index (χ0v) is 12.6. The highest BCUT2D eigenvalue weighted by atomic mass is 16.7. The van der Waals surface area contributed by atoms with Crippen molar-refractivity contribution in [2.75, 3.05) is 32.8 Å². The van der Waals surface area contributed by atoms with Crippen LogP contribution in [-0.4, -0.2) is 60.7 Å². The number of amides is 3. The van der Waals surface area contributed by atoms with E-state index in [1.807, 2.05) is 0 Å². The number of imide groups is 1. The molecular weight excluding hydrogens is 302 g/mol. The summed E-state index contributed by atoms with van der Waals surface area (Å²) in [7, 11) is 0. The van der Waals surface area contributed by atoms with Crippen LogP contribution in [0.5, 0.6) is 0 Å². The van der Waals surface area contributed by atoms with Gasteiger partial charge in [0.25, 0.3) is 11.8 Å². The van der Waals surface area contributed by atoms with Crippen LogP contribution in [0, 0.1) is 0 Å². The van der Waals surface area contributed by atoms with Gasteiger partial charge in [-0.25, -0.2) is 0 Å². The van der Waals surface area contributed by atoms with E-state index < -0.39 is 11.8 Å². The molecule has 1 heterocycles. The monoisotopic (exact) mass is 321 g/mol. The number of fused-ring (bicyclic) bond motifs is 1. The molecule has 1 aliphatic rings. The van der Waals surface area contributed by atoms with E-state index in [4.69, 9.17) is 9.94 Å². The first-order valence-electron chi connectivity index (χ1n) is 7.34. The third kappa shape index (κ3) is 4.35. The highest BCUT2D eigenvalue weighted by Crippen LogP contribution is 2.22. The maximum atomic E-state index is 12.0. The van der Waals surface area contributed by atoms with Crippen LogP contribution in [-0.2, 0) is 9.63 Å². The van der Waals surface area contributed by atoms with Crippen LogP contribution in [0.25, 0.3) is 0 Å².